The molecule has 2 aromatic carbocycles. The molecule has 0 radical (unpaired) electrons. The van der Waals surface area contributed by atoms with Crippen LogP contribution in [0.1, 0.15) is 36.1 Å². The second-order valence-electron chi connectivity index (χ2n) is 5.68. The van der Waals surface area contributed by atoms with E-state index in [0.717, 1.165) is 11.1 Å². The number of benzene rings is 2. The Morgan fingerprint density at radius 2 is 1.67 bits per heavy atom. The van der Waals surface area contributed by atoms with E-state index in [2.05, 4.69) is 5.32 Å². The van der Waals surface area contributed by atoms with Crippen LogP contribution in [-0.4, -0.2) is 11.7 Å². The second-order valence-corrected chi connectivity index (χ2v) is 5.68. The third kappa shape index (κ3) is 3.49. The molecule has 0 aliphatic heterocycles. The summed E-state index contributed by atoms with van der Waals surface area (Å²) in [5.74, 6) is 0.364. The zero-order valence-corrected chi connectivity index (χ0v) is 11.9. The molecule has 1 fully saturated rings. The normalized spacial score (nSPS) is 17.4. The van der Waals surface area contributed by atoms with Crippen molar-refractivity contribution in [3.8, 4) is 0 Å². The van der Waals surface area contributed by atoms with Gasteiger partial charge in [0.2, 0.25) is 0 Å². The van der Waals surface area contributed by atoms with Gasteiger partial charge in [-0.05, 0) is 42.0 Å². The molecule has 0 aromatic heterocycles. The predicted molar refractivity (Wildman–Crippen MR) is 81.3 cm³/mol. The van der Waals surface area contributed by atoms with E-state index < -0.39 is 0 Å². The lowest BCUT2D eigenvalue weighted by Gasteiger charge is -2.25. The van der Waals surface area contributed by atoms with E-state index in [1.54, 1.807) is 0 Å². The highest BCUT2D eigenvalue weighted by Crippen LogP contribution is 2.42. The van der Waals surface area contributed by atoms with Crippen LogP contribution in [0.4, 0.5) is 4.39 Å². The summed E-state index contributed by atoms with van der Waals surface area (Å²) in [6.45, 7) is 0.0500. The fourth-order valence-electron chi connectivity index (χ4n) is 2.76. The molecule has 2 atom stereocenters. The molecule has 2 aromatic rings. The second kappa shape index (κ2) is 6.37. The molecule has 1 unspecified atom stereocenters. The van der Waals surface area contributed by atoms with E-state index in [4.69, 9.17) is 0 Å². The number of nitrogens with one attached hydrogen (secondary N) is 1. The van der Waals surface area contributed by atoms with Gasteiger partial charge >= 0.3 is 0 Å². The Balaban J connectivity index is 1.80. The fourth-order valence-corrected chi connectivity index (χ4v) is 2.76. The van der Waals surface area contributed by atoms with Gasteiger partial charge in [0, 0.05) is 6.04 Å². The maximum Gasteiger partial charge on any atom is 0.123 e. The molecule has 0 bridgehead atoms. The van der Waals surface area contributed by atoms with Gasteiger partial charge in [0.1, 0.15) is 5.82 Å². The highest BCUT2D eigenvalue weighted by Gasteiger charge is 2.33. The summed E-state index contributed by atoms with van der Waals surface area (Å²) in [5, 5.41) is 13.2. The maximum absolute atomic E-state index is 13.1. The molecule has 3 rings (SSSR count). The molecular formula is C18H20FNO. The first-order valence-corrected chi connectivity index (χ1v) is 7.45. The highest BCUT2D eigenvalue weighted by atomic mass is 19.1. The molecule has 3 heteroatoms. The van der Waals surface area contributed by atoms with Crippen molar-refractivity contribution < 1.29 is 9.50 Å². The standard InChI is InChI=1S/C18H20FNO/c19-16-10-8-15(9-11-16)18(14-6-7-14)20-17(12-21)13-4-2-1-3-5-13/h1-5,8-11,14,17-18,20-21H,6-7,12H2/t17-,18?/m1/s1. The molecule has 1 saturated carbocycles. The Morgan fingerprint density at radius 3 is 2.24 bits per heavy atom. The zero-order valence-electron chi connectivity index (χ0n) is 11.9. The van der Waals surface area contributed by atoms with Crippen LogP contribution in [0.5, 0.6) is 0 Å². The maximum atomic E-state index is 13.1. The van der Waals surface area contributed by atoms with Crippen molar-refractivity contribution in [2.45, 2.75) is 24.9 Å². The lowest BCUT2D eigenvalue weighted by atomic mass is 9.99. The van der Waals surface area contributed by atoms with E-state index in [1.807, 2.05) is 42.5 Å². The number of hydrogen-bond acceptors (Lipinski definition) is 2. The average Bonchev–Trinajstić information content (AvgIpc) is 3.35. The Kier molecular flexibility index (Phi) is 4.32. The number of aliphatic hydroxyl groups excluding tert-OH is 1. The quantitative estimate of drug-likeness (QED) is 0.850. The third-order valence-electron chi connectivity index (χ3n) is 4.09. The summed E-state index contributed by atoms with van der Waals surface area (Å²) in [6.07, 6.45) is 2.37. The van der Waals surface area contributed by atoms with Crippen molar-refractivity contribution in [1.29, 1.82) is 0 Å². The monoisotopic (exact) mass is 285 g/mol. The Bertz CT molecular complexity index is 566. The van der Waals surface area contributed by atoms with Crippen molar-refractivity contribution in [3.05, 3.63) is 71.5 Å². The van der Waals surface area contributed by atoms with E-state index in [-0.39, 0.29) is 24.5 Å². The number of halogens is 1. The van der Waals surface area contributed by atoms with Gasteiger partial charge in [-0.1, -0.05) is 42.5 Å². The van der Waals surface area contributed by atoms with Gasteiger partial charge < -0.3 is 10.4 Å². The molecule has 1 aliphatic carbocycles. The van der Waals surface area contributed by atoms with Crippen LogP contribution in [-0.2, 0) is 0 Å². The van der Waals surface area contributed by atoms with Crippen LogP contribution in [0.25, 0.3) is 0 Å². The predicted octanol–water partition coefficient (Wildman–Crippen LogP) is 3.60. The van der Waals surface area contributed by atoms with E-state index in [9.17, 15) is 9.50 Å². The molecule has 21 heavy (non-hydrogen) atoms. The number of rotatable bonds is 6. The summed E-state index contributed by atoms with van der Waals surface area (Å²) in [6, 6.07) is 16.7. The summed E-state index contributed by atoms with van der Waals surface area (Å²) in [5.41, 5.74) is 2.17. The summed E-state index contributed by atoms with van der Waals surface area (Å²) in [4.78, 5) is 0. The van der Waals surface area contributed by atoms with Crippen LogP contribution in [0.3, 0.4) is 0 Å². The Morgan fingerprint density at radius 1 is 1.00 bits per heavy atom. The van der Waals surface area contributed by atoms with Gasteiger partial charge in [0.05, 0.1) is 12.6 Å². The molecule has 110 valence electrons. The van der Waals surface area contributed by atoms with Crippen molar-refractivity contribution >= 4 is 0 Å². The van der Waals surface area contributed by atoms with Gasteiger partial charge in [-0.2, -0.15) is 0 Å². The molecule has 2 nitrogen and oxygen atoms in total. The van der Waals surface area contributed by atoms with E-state index in [0.29, 0.717) is 5.92 Å². The van der Waals surface area contributed by atoms with Gasteiger partial charge in [-0.15, -0.1) is 0 Å². The SMILES string of the molecule is OC[C@@H](NC(c1ccc(F)cc1)C1CC1)c1ccccc1. The highest BCUT2D eigenvalue weighted by molar-refractivity contribution is 5.24. The first kappa shape index (κ1) is 14.2. The number of aliphatic hydroxyl groups is 1. The number of hydrogen-bond donors (Lipinski definition) is 2. The molecule has 0 heterocycles. The van der Waals surface area contributed by atoms with E-state index >= 15 is 0 Å². The zero-order chi connectivity index (χ0) is 14.7. The summed E-state index contributed by atoms with van der Waals surface area (Å²) >= 11 is 0. The van der Waals surface area contributed by atoms with Gasteiger partial charge in [0.15, 0.2) is 0 Å². The first-order chi connectivity index (χ1) is 10.3. The van der Waals surface area contributed by atoms with Crippen LogP contribution >= 0.6 is 0 Å². The van der Waals surface area contributed by atoms with Gasteiger partial charge in [-0.3, -0.25) is 0 Å². The summed E-state index contributed by atoms with van der Waals surface area (Å²) in [7, 11) is 0. The first-order valence-electron chi connectivity index (χ1n) is 7.45. The van der Waals surface area contributed by atoms with Gasteiger partial charge in [-0.25, -0.2) is 4.39 Å². The van der Waals surface area contributed by atoms with Crippen molar-refractivity contribution in [2.24, 2.45) is 5.92 Å². The average molecular weight is 285 g/mol. The third-order valence-corrected chi connectivity index (χ3v) is 4.09. The molecule has 0 saturated heterocycles. The fraction of sp³-hybridized carbons (Fsp3) is 0.333. The minimum absolute atomic E-state index is 0.0500. The Hall–Kier alpha value is -1.71. The topological polar surface area (TPSA) is 32.3 Å². The molecule has 0 spiro atoms. The largest absolute Gasteiger partial charge is 0.394 e. The smallest absolute Gasteiger partial charge is 0.123 e. The lowest BCUT2D eigenvalue weighted by molar-refractivity contribution is 0.228. The Labute approximate surface area is 124 Å². The van der Waals surface area contributed by atoms with Crippen LogP contribution < -0.4 is 5.32 Å². The van der Waals surface area contributed by atoms with Crippen molar-refractivity contribution in [2.75, 3.05) is 6.61 Å². The summed E-state index contributed by atoms with van der Waals surface area (Å²) < 4.78 is 13.1. The molecule has 1 aliphatic rings. The minimum atomic E-state index is -0.213. The molecule has 0 amide bonds. The van der Waals surface area contributed by atoms with Crippen LogP contribution in [0.2, 0.25) is 0 Å². The van der Waals surface area contributed by atoms with Crippen molar-refractivity contribution in [3.63, 3.8) is 0 Å². The van der Waals surface area contributed by atoms with Crippen molar-refractivity contribution in [1.82, 2.24) is 5.32 Å². The van der Waals surface area contributed by atoms with Crippen LogP contribution in [0.15, 0.2) is 54.6 Å². The van der Waals surface area contributed by atoms with E-state index in [1.165, 1.54) is 25.0 Å². The molecular weight excluding hydrogens is 265 g/mol. The lowest BCUT2D eigenvalue weighted by Crippen LogP contribution is -2.30. The molecule has 2 N–H and O–H groups in total. The minimum Gasteiger partial charge on any atom is -0.394 e. The van der Waals surface area contributed by atoms with Crippen LogP contribution in [0, 0.1) is 11.7 Å². The van der Waals surface area contributed by atoms with Gasteiger partial charge in [0.25, 0.3) is 0 Å².